The summed E-state index contributed by atoms with van der Waals surface area (Å²) in [6.07, 6.45) is 2.12. The van der Waals surface area contributed by atoms with Crippen molar-refractivity contribution in [2.24, 2.45) is 5.16 Å². The topological polar surface area (TPSA) is 72.8 Å². The Balaban J connectivity index is 1.69. The molecule has 0 unspecified atom stereocenters. The first-order valence-corrected chi connectivity index (χ1v) is 7.95. The smallest absolute Gasteiger partial charge is 0.273 e. The van der Waals surface area contributed by atoms with E-state index < -0.39 is 5.60 Å². The maximum atomic E-state index is 12.5. The van der Waals surface area contributed by atoms with Crippen LogP contribution in [0.1, 0.15) is 23.8 Å². The summed E-state index contributed by atoms with van der Waals surface area (Å²) in [5, 5.41) is 7.43. The summed E-state index contributed by atoms with van der Waals surface area (Å²) in [4.78, 5) is 23.1. The van der Waals surface area contributed by atoms with Crippen LogP contribution in [0.2, 0.25) is 0 Å². The minimum absolute atomic E-state index is 0.251. The molecule has 3 rings (SSSR count). The molecule has 1 N–H and O–H groups in total. The fourth-order valence-corrected chi connectivity index (χ4v) is 2.90. The zero-order valence-corrected chi connectivity index (χ0v) is 13.9. The highest BCUT2D eigenvalue weighted by atomic mass is 32.1. The second-order valence-electron chi connectivity index (χ2n) is 5.50. The van der Waals surface area contributed by atoms with E-state index in [4.69, 9.17) is 9.57 Å². The summed E-state index contributed by atoms with van der Waals surface area (Å²) in [5.74, 6) is 0.520. The summed E-state index contributed by atoms with van der Waals surface area (Å²) in [7, 11) is 1.62. The van der Waals surface area contributed by atoms with Gasteiger partial charge >= 0.3 is 0 Å². The van der Waals surface area contributed by atoms with Crippen LogP contribution in [0.15, 0.2) is 35.6 Å². The quantitative estimate of drug-likeness (QED) is 0.935. The molecule has 0 spiro atoms. The molecule has 23 heavy (non-hydrogen) atoms. The number of carbonyl (C=O) groups is 1. The average Bonchev–Trinajstić information content (AvgIpc) is 3.14. The van der Waals surface area contributed by atoms with Crippen molar-refractivity contribution in [3.8, 4) is 5.75 Å². The van der Waals surface area contributed by atoms with Crippen LogP contribution < -0.4 is 10.1 Å². The fourth-order valence-electron chi connectivity index (χ4n) is 2.24. The molecular formula is C16H17N3O3S. The van der Waals surface area contributed by atoms with Gasteiger partial charge in [0.05, 0.1) is 12.8 Å². The molecule has 1 amide bonds. The second-order valence-corrected chi connectivity index (χ2v) is 6.73. The third kappa shape index (κ3) is 3.19. The molecule has 0 radical (unpaired) electrons. The third-order valence-corrected chi connectivity index (χ3v) is 4.44. The Labute approximate surface area is 138 Å². The van der Waals surface area contributed by atoms with Crippen LogP contribution in [-0.4, -0.2) is 29.3 Å². The molecule has 120 valence electrons. The molecule has 2 heterocycles. The van der Waals surface area contributed by atoms with Crippen molar-refractivity contribution in [2.75, 3.05) is 12.4 Å². The molecule has 1 atom stereocenters. The van der Waals surface area contributed by atoms with Gasteiger partial charge in [0, 0.05) is 17.5 Å². The molecule has 1 aromatic heterocycles. The number of methoxy groups -OCH3 is 1. The zero-order valence-electron chi connectivity index (χ0n) is 13.1. The van der Waals surface area contributed by atoms with Crippen LogP contribution in [0.25, 0.3) is 0 Å². The van der Waals surface area contributed by atoms with E-state index in [0.717, 1.165) is 21.9 Å². The molecule has 0 bridgehead atoms. The van der Waals surface area contributed by atoms with Gasteiger partial charge in [0.15, 0.2) is 5.13 Å². The van der Waals surface area contributed by atoms with Gasteiger partial charge < -0.3 is 9.57 Å². The number of aryl methyl sites for hydroxylation is 1. The number of amides is 1. The van der Waals surface area contributed by atoms with Gasteiger partial charge in [0.25, 0.3) is 5.91 Å². The number of carbonyl (C=O) groups excluding carboxylic acids is 1. The Morgan fingerprint density at radius 3 is 2.74 bits per heavy atom. The summed E-state index contributed by atoms with van der Waals surface area (Å²) < 4.78 is 5.14. The van der Waals surface area contributed by atoms with Crippen molar-refractivity contribution < 1.29 is 14.4 Å². The number of hydrogen-bond acceptors (Lipinski definition) is 6. The summed E-state index contributed by atoms with van der Waals surface area (Å²) >= 11 is 1.42. The number of nitrogens with zero attached hydrogens (tertiary/aromatic N) is 2. The van der Waals surface area contributed by atoms with Gasteiger partial charge in [-0.05, 0) is 43.7 Å². The van der Waals surface area contributed by atoms with E-state index in [1.807, 2.05) is 31.2 Å². The summed E-state index contributed by atoms with van der Waals surface area (Å²) in [6, 6.07) is 7.50. The number of oxime groups is 1. The predicted octanol–water partition coefficient (Wildman–Crippen LogP) is 2.98. The largest absolute Gasteiger partial charge is 0.497 e. The summed E-state index contributed by atoms with van der Waals surface area (Å²) in [6.45, 7) is 3.66. The number of aromatic nitrogens is 1. The Morgan fingerprint density at radius 1 is 1.39 bits per heavy atom. The maximum Gasteiger partial charge on any atom is 0.273 e. The molecule has 6 nitrogen and oxygen atoms in total. The minimum Gasteiger partial charge on any atom is -0.497 e. The van der Waals surface area contributed by atoms with Gasteiger partial charge in [-0.1, -0.05) is 5.16 Å². The van der Waals surface area contributed by atoms with E-state index in [0.29, 0.717) is 11.6 Å². The number of anilines is 1. The highest BCUT2D eigenvalue weighted by molar-refractivity contribution is 7.15. The van der Waals surface area contributed by atoms with E-state index in [1.54, 1.807) is 20.2 Å². The van der Waals surface area contributed by atoms with E-state index in [1.165, 1.54) is 11.3 Å². The molecule has 1 aliphatic heterocycles. The second kappa shape index (κ2) is 6.00. The minimum atomic E-state index is -1.03. The van der Waals surface area contributed by atoms with Crippen molar-refractivity contribution in [3.05, 3.63) is 40.9 Å². The van der Waals surface area contributed by atoms with Crippen LogP contribution >= 0.6 is 11.3 Å². The molecular weight excluding hydrogens is 314 g/mol. The third-order valence-electron chi connectivity index (χ3n) is 3.61. The summed E-state index contributed by atoms with van der Waals surface area (Å²) in [5.41, 5.74) is 0.613. The van der Waals surface area contributed by atoms with Gasteiger partial charge in [0.2, 0.25) is 5.60 Å². The lowest BCUT2D eigenvalue weighted by Gasteiger charge is -2.19. The van der Waals surface area contributed by atoms with Crippen LogP contribution in [0.4, 0.5) is 5.13 Å². The molecule has 2 aromatic rings. The Kier molecular flexibility index (Phi) is 4.04. The van der Waals surface area contributed by atoms with E-state index in [-0.39, 0.29) is 5.91 Å². The normalized spacial score (nSPS) is 19.9. The number of benzene rings is 1. The maximum absolute atomic E-state index is 12.5. The number of ether oxygens (including phenoxy) is 1. The number of rotatable bonds is 4. The number of thiazole rings is 1. The first-order chi connectivity index (χ1) is 11.0. The molecule has 0 fully saturated rings. The van der Waals surface area contributed by atoms with Crippen LogP contribution in [0.5, 0.6) is 5.75 Å². The van der Waals surface area contributed by atoms with Crippen LogP contribution in [-0.2, 0) is 9.63 Å². The van der Waals surface area contributed by atoms with E-state index in [9.17, 15) is 4.79 Å². The van der Waals surface area contributed by atoms with Crippen molar-refractivity contribution in [3.63, 3.8) is 0 Å². The molecule has 1 aromatic carbocycles. The molecule has 1 aliphatic rings. The highest BCUT2D eigenvalue weighted by Gasteiger charge is 2.42. The molecule has 0 saturated heterocycles. The highest BCUT2D eigenvalue weighted by Crippen LogP contribution is 2.29. The van der Waals surface area contributed by atoms with Crippen molar-refractivity contribution in [2.45, 2.75) is 25.9 Å². The van der Waals surface area contributed by atoms with Gasteiger partial charge in [-0.3, -0.25) is 10.1 Å². The predicted molar refractivity (Wildman–Crippen MR) is 89.1 cm³/mol. The average molecular weight is 331 g/mol. The first kappa shape index (κ1) is 15.5. The zero-order chi connectivity index (χ0) is 16.4. The Bertz CT molecular complexity index is 754. The first-order valence-electron chi connectivity index (χ1n) is 7.13. The van der Waals surface area contributed by atoms with Gasteiger partial charge in [-0.25, -0.2) is 4.98 Å². The molecule has 7 heteroatoms. The van der Waals surface area contributed by atoms with E-state index >= 15 is 0 Å². The van der Waals surface area contributed by atoms with Crippen molar-refractivity contribution in [1.82, 2.24) is 4.98 Å². The lowest BCUT2D eigenvalue weighted by atomic mass is 9.95. The standard InChI is InChI=1S/C16H17N3O3S/c1-10-9-17-15(23-10)18-14(20)16(2)8-13(19-22-16)11-4-6-12(21-3)7-5-11/h4-7,9H,8H2,1-3H3,(H,17,18,20)/t16-/m0/s1. The van der Waals surface area contributed by atoms with Gasteiger partial charge in [0.1, 0.15) is 5.75 Å². The van der Waals surface area contributed by atoms with Crippen LogP contribution in [0, 0.1) is 6.92 Å². The molecule has 0 saturated carbocycles. The lowest BCUT2D eigenvalue weighted by molar-refractivity contribution is -0.135. The Morgan fingerprint density at radius 2 is 2.13 bits per heavy atom. The SMILES string of the molecule is COc1ccc(C2=NO[C@](C)(C(=O)Nc3ncc(C)s3)C2)cc1. The lowest BCUT2D eigenvalue weighted by Crippen LogP contribution is -2.40. The molecule has 0 aliphatic carbocycles. The number of hydrogen-bond donors (Lipinski definition) is 1. The Hall–Kier alpha value is -2.41. The van der Waals surface area contributed by atoms with Crippen molar-refractivity contribution >= 4 is 28.1 Å². The van der Waals surface area contributed by atoms with Gasteiger partial charge in [-0.15, -0.1) is 11.3 Å². The van der Waals surface area contributed by atoms with Crippen LogP contribution in [0.3, 0.4) is 0 Å². The van der Waals surface area contributed by atoms with E-state index in [2.05, 4.69) is 15.5 Å². The van der Waals surface area contributed by atoms with Gasteiger partial charge in [-0.2, -0.15) is 0 Å². The van der Waals surface area contributed by atoms with Crippen molar-refractivity contribution in [1.29, 1.82) is 0 Å². The monoisotopic (exact) mass is 331 g/mol. The fraction of sp³-hybridized carbons (Fsp3) is 0.312. The number of nitrogens with one attached hydrogen (secondary N) is 1.